The van der Waals surface area contributed by atoms with E-state index in [1.807, 2.05) is 4.90 Å². The van der Waals surface area contributed by atoms with Crippen LogP contribution < -0.4 is 5.32 Å². The van der Waals surface area contributed by atoms with Crippen molar-refractivity contribution in [3.63, 3.8) is 0 Å². The third-order valence-corrected chi connectivity index (χ3v) is 6.82. The monoisotopic (exact) mass is 294 g/mol. The van der Waals surface area contributed by atoms with E-state index in [4.69, 9.17) is 4.74 Å². The molecule has 0 aromatic rings. The smallest absolute Gasteiger partial charge is 0.224 e. The number of hydrogen-bond acceptors (Lipinski definition) is 3. The van der Waals surface area contributed by atoms with Gasteiger partial charge in [0, 0.05) is 26.2 Å². The SMILES string of the molecule is CC1(C)C2CCC1(C)C(OCCC(=O)N1CCNCC1)C2. The molecule has 1 N–H and O–H groups in total. The average Bonchev–Trinajstić information content (AvgIpc) is 2.81. The van der Waals surface area contributed by atoms with Gasteiger partial charge in [-0.25, -0.2) is 0 Å². The molecule has 0 spiro atoms. The molecule has 3 unspecified atom stereocenters. The van der Waals surface area contributed by atoms with Crippen molar-refractivity contribution in [2.24, 2.45) is 16.7 Å². The van der Waals surface area contributed by atoms with E-state index < -0.39 is 0 Å². The second-order valence-corrected chi connectivity index (χ2v) is 7.85. The highest BCUT2D eigenvalue weighted by molar-refractivity contribution is 5.76. The second-order valence-electron chi connectivity index (χ2n) is 7.85. The summed E-state index contributed by atoms with van der Waals surface area (Å²) in [4.78, 5) is 14.1. The van der Waals surface area contributed by atoms with Gasteiger partial charge in [0.05, 0.1) is 19.1 Å². The van der Waals surface area contributed by atoms with Gasteiger partial charge in [-0.05, 0) is 36.0 Å². The summed E-state index contributed by atoms with van der Waals surface area (Å²) in [6.07, 6.45) is 4.70. The van der Waals surface area contributed by atoms with Crippen LogP contribution >= 0.6 is 0 Å². The van der Waals surface area contributed by atoms with Gasteiger partial charge in [-0.3, -0.25) is 4.79 Å². The molecule has 0 aromatic carbocycles. The Hall–Kier alpha value is -0.610. The molecule has 2 aliphatic carbocycles. The van der Waals surface area contributed by atoms with Gasteiger partial charge in [0.2, 0.25) is 5.91 Å². The largest absolute Gasteiger partial charge is 0.377 e. The Labute approximate surface area is 128 Å². The molecule has 3 rings (SSSR count). The lowest BCUT2D eigenvalue weighted by Crippen LogP contribution is -2.46. The van der Waals surface area contributed by atoms with E-state index in [0.717, 1.165) is 32.1 Å². The van der Waals surface area contributed by atoms with Gasteiger partial charge in [0.1, 0.15) is 0 Å². The zero-order valence-corrected chi connectivity index (χ0v) is 13.8. The fourth-order valence-corrected chi connectivity index (χ4v) is 4.74. The molecular weight excluding hydrogens is 264 g/mol. The molecule has 2 bridgehead atoms. The zero-order chi connectivity index (χ0) is 15.1. The van der Waals surface area contributed by atoms with E-state index >= 15 is 0 Å². The van der Waals surface area contributed by atoms with Crippen molar-refractivity contribution >= 4 is 5.91 Å². The number of ether oxygens (including phenoxy) is 1. The fraction of sp³-hybridized carbons (Fsp3) is 0.941. The first-order valence-corrected chi connectivity index (χ1v) is 8.55. The molecule has 4 heteroatoms. The number of carbonyl (C=O) groups is 1. The summed E-state index contributed by atoms with van der Waals surface area (Å²) in [5, 5.41) is 3.28. The minimum atomic E-state index is 0.254. The molecule has 0 radical (unpaired) electrons. The third kappa shape index (κ3) is 2.50. The predicted octanol–water partition coefficient (Wildman–Crippen LogP) is 2.04. The molecule has 4 nitrogen and oxygen atoms in total. The molecule has 1 heterocycles. The Morgan fingerprint density at radius 3 is 2.57 bits per heavy atom. The number of nitrogens with one attached hydrogen (secondary N) is 1. The zero-order valence-electron chi connectivity index (χ0n) is 13.8. The number of nitrogens with zero attached hydrogens (tertiary/aromatic N) is 1. The lowest BCUT2D eigenvalue weighted by molar-refractivity contribution is -0.134. The molecule has 2 saturated carbocycles. The summed E-state index contributed by atoms with van der Waals surface area (Å²) in [6, 6.07) is 0. The maximum absolute atomic E-state index is 12.2. The van der Waals surface area contributed by atoms with Crippen LogP contribution in [0, 0.1) is 16.7 Å². The van der Waals surface area contributed by atoms with Gasteiger partial charge in [0.15, 0.2) is 0 Å². The van der Waals surface area contributed by atoms with E-state index in [-0.39, 0.29) is 5.91 Å². The number of fused-ring (bicyclic) bond motifs is 2. The lowest BCUT2D eigenvalue weighted by atomic mass is 9.70. The molecule has 1 saturated heterocycles. The number of carbonyl (C=O) groups excluding carboxylic acids is 1. The topological polar surface area (TPSA) is 41.6 Å². The van der Waals surface area contributed by atoms with E-state index in [1.165, 1.54) is 19.3 Å². The molecule has 3 atom stereocenters. The molecule has 0 aromatic heterocycles. The highest BCUT2D eigenvalue weighted by Gasteiger charge is 2.61. The van der Waals surface area contributed by atoms with Crippen molar-refractivity contribution in [2.45, 2.75) is 52.6 Å². The fourth-order valence-electron chi connectivity index (χ4n) is 4.74. The van der Waals surface area contributed by atoms with Gasteiger partial charge < -0.3 is 15.0 Å². The van der Waals surface area contributed by atoms with Gasteiger partial charge in [-0.1, -0.05) is 20.8 Å². The Morgan fingerprint density at radius 1 is 1.29 bits per heavy atom. The molecular formula is C17H30N2O2. The summed E-state index contributed by atoms with van der Waals surface area (Å²) < 4.78 is 6.17. The van der Waals surface area contributed by atoms with Crippen LogP contribution in [0.1, 0.15) is 46.5 Å². The predicted molar refractivity (Wildman–Crippen MR) is 83.0 cm³/mol. The number of hydrogen-bond donors (Lipinski definition) is 1. The number of rotatable bonds is 4. The third-order valence-electron chi connectivity index (χ3n) is 6.82. The summed E-state index contributed by atoms with van der Waals surface area (Å²) in [5.74, 6) is 1.06. The maximum atomic E-state index is 12.2. The van der Waals surface area contributed by atoms with Crippen molar-refractivity contribution in [3.8, 4) is 0 Å². The van der Waals surface area contributed by atoms with Crippen molar-refractivity contribution in [1.29, 1.82) is 0 Å². The van der Waals surface area contributed by atoms with Gasteiger partial charge in [-0.15, -0.1) is 0 Å². The summed E-state index contributed by atoms with van der Waals surface area (Å²) in [6.45, 7) is 11.3. The van der Waals surface area contributed by atoms with Crippen LogP contribution in [0.25, 0.3) is 0 Å². The van der Waals surface area contributed by atoms with Gasteiger partial charge in [-0.2, -0.15) is 0 Å². The Morgan fingerprint density at radius 2 is 2.00 bits per heavy atom. The molecule has 3 fully saturated rings. The summed E-state index contributed by atoms with van der Waals surface area (Å²) >= 11 is 0. The number of amides is 1. The first kappa shape index (κ1) is 15.3. The first-order valence-electron chi connectivity index (χ1n) is 8.55. The van der Waals surface area contributed by atoms with Crippen LogP contribution in [-0.2, 0) is 9.53 Å². The quantitative estimate of drug-likeness (QED) is 0.863. The van der Waals surface area contributed by atoms with E-state index in [2.05, 4.69) is 26.1 Å². The van der Waals surface area contributed by atoms with E-state index in [9.17, 15) is 4.79 Å². The van der Waals surface area contributed by atoms with E-state index in [0.29, 0.717) is 30.0 Å². The van der Waals surface area contributed by atoms with Gasteiger partial charge >= 0.3 is 0 Å². The summed E-state index contributed by atoms with van der Waals surface area (Å²) in [5.41, 5.74) is 0.690. The standard InChI is InChI=1S/C17H30N2O2/c1-16(2)13-4-6-17(16,3)14(12-13)21-11-5-15(20)19-9-7-18-8-10-19/h13-14,18H,4-12H2,1-3H3. The van der Waals surface area contributed by atoms with Crippen LogP contribution in [0.5, 0.6) is 0 Å². The molecule has 120 valence electrons. The van der Waals surface area contributed by atoms with Crippen LogP contribution in [0.3, 0.4) is 0 Å². The van der Waals surface area contributed by atoms with Crippen molar-refractivity contribution in [2.75, 3.05) is 32.8 Å². The molecule has 3 aliphatic rings. The first-order chi connectivity index (χ1) is 9.95. The van der Waals surface area contributed by atoms with Gasteiger partial charge in [0.25, 0.3) is 0 Å². The lowest BCUT2D eigenvalue weighted by Gasteiger charge is -2.39. The second kappa shape index (κ2) is 5.54. The maximum Gasteiger partial charge on any atom is 0.224 e. The van der Waals surface area contributed by atoms with Crippen LogP contribution in [0.15, 0.2) is 0 Å². The van der Waals surface area contributed by atoms with Crippen LogP contribution in [0.4, 0.5) is 0 Å². The normalized spacial score (nSPS) is 38.0. The Balaban J connectivity index is 1.47. The summed E-state index contributed by atoms with van der Waals surface area (Å²) in [7, 11) is 0. The van der Waals surface area contributed by atoms with Crippen LogP contribution in [0.2, 0.25) is 0 Å². The molecule has 21 heavy (non-hydrogen) atoms. The van der Waals surface area contributed by atoms with Crippen LogP contribution in [-0.4, -0.2) is 49.7 Å². The van der Waals surface area contributed by atoms with E-state index in [1.54, 1.807) is 0 Å². The molecule has 1 amide bonds. The minimum Gasteiger partial charge on any atom is -0.377 e. The minimum absolute atomic E-state index is 0.254. The Kier molecular flexibility index (Phi) is 4.04. The van der Waals surface area contributed by atoms with Crippen molar-refractivity contribution in [1.82, 2.24) is 10.2 Å². The average molecular weight is 294 g/mol. The highest BCUT2D eigenvalue weighted by Crippen LogP contribution is 2.66. The Bertz CT molecular complexity index is 404. The highest BCUT2D eigenvalue weighted by atomic mass is 16.5. The number of piperazine rings is 1. The van der Waals surface area contributed by atoms with Crippen molar-refractivity contribution in [3.05, 3.63) is 0 Å². The van der Waals surface area contributed by atoms with Crippen molar-refractivity contribution < 1.29 is 9.53 Å². The molecule has 1 aliphatic heterocycles.